The van der Waals surface area contributed by atoms with Gasteiger partial charge < -0.3 is 9.64 Å². The van der Waals surface area contributed by atoms with Crippen molar-refractivity contribution < 1.29 is 4.74 Å². The van der Waals surface area contributed by atoms with Crippen molar-refractivity contribution >= 4 is 0 Å². The summed E-state index contributed by atoms with van der Waals surface area (Å²) in [4.78, 5) is 5.32. The quantitative estimate of drug-likeness (QED) is 0.832. The Bertz CT molecular complexity index is 444. The first kappa shape index (κ1) is 16.0. The molecule has 0 N–H and O–H groups in total. The number of morpholine rings is 1. The number of ether oxygens (including phenoxy) is 1. The summed E-state index contributed by atoms with van der Waals surface area (Å²) in [5.41, 5.74) is 1.47. The van der Waals surface area contributed by atoms with E-state index in [4.69, 9.17) is 4.74 Å². The lowest BCUT2D eigenvalue weighted by atomic mass is 9.98. The highest BCUT2D eigenvalue weighted by Crippen LogP contribution is 2.25. The van der Waals surface area contributed by atoms with Crippen molar-refractivity contribution in [2.75, 3.05) is 45.9 Å². The molecule has 0 aliphatic carbocycles. The molecule has 0 bridgehead atoms. The molecule has 3 nitrogen and oxygen atoms in total. The van der Waals surface area contributed by atoms with E-state index in [0.29, 0.717) is 5.92 Å². The van der Waals surface area contributed by atoms with Gasteiger partial charge in [0, 0.05) is 32.2 Å². The Morgan fingerprint density at radius 3 is 2.59 bits per heavy atom. The van der Waals surface area contributed by atoms with Gasteiger partial charge in [-0.1, -0.05) is 44.2 Å². The van der Waals surface area contributed by atoms with Crippen LogP contribution in [0, 0.1) is 5.92 Å². The number of hydrogen-bond acceptors (Lipinski definition) is 3. The summed E-state index contributed by atoms with van der Waals surface area (Å²) >= 11 is 0. The van der Waals surface area contributed by atoms with Crippen LogP contribution in [0.25, 0.3) is 0 Å². The zero-order valence-corrected chi connectivity index (χ0v) is 14.1. The Kier molecular flexibility index (Phi) is 5.51. The van der Waals surface area contributed by atoms with Crippen molar-refractivity contribution in [3.8, 4) is 0 Å². The molecule has 1 aromatic carbocycles. The molecule has 3 atom stereocenters. The van der Waals surface area contributed by atoms with Gasteiger partial charge in [0.05, 0.1) is 13.2 Å². The van der Waals surface area contributed by atoms with Crippen molar-refractivity contribution in [3.63, 3.8) is 0 Å². The van der Waals surface area contributed by atoms with Gasteiger partial charge in [-0.25, -0.2) is 0 Å². The molecule has 0 unspecified atom stereocenters. The maximum absolute atomic E-state index is 5.49. The molecule has 0 aromatic heterocycles. The monoisotopic (exact) mass is 302 g/mol. The van der Waals surface area contributed by atoms with Gasteiger partial charge in [-0.15, -0.1) is 0 Å². The molecule has 2 fully saturated rings. The summed E-state index contributed by atoms with van der Waals surface area (Å²) in [5.74, 6) is 1.43. The van der Waals surface area contributed by atoms with E-state index < -0.39 is 0 Å². The van der Waals surface area contributed by atoms with Crippen LogP contribution < -0.4 is 0 Å². The van der Waals surface area contributed by atoms with Crippen LogP contribution in [0.4, 0.5) is 0 Å². The molecule has 0 saturated carbocycles. The molecule has 1 aromatic rings. The SMILES string of the molecule is C[C@H](CCN1C[C@@H](C)[C@@H](N2CCOCC2)C1)c1ccccc1. The van der Waals surface area contributed by atoms with E-state index in [1.165, 1.54) is 31.6 Å². The normalized spacial score (nSPS) is 28.8. The van der Waals surface area contributed by atoms with Crippen LogP contribution in [-0.4, -0.2) is 61.8 Å². The molecule has 0 spiro atoms. The third-order valence-electron chi connectivity index (χ3n) is 5.41. The van der Waals surface area contributed by atoms with E-state index in [9.17, 15) is 0 Å². The van der Waals surface area contributed by atoms with E-state index in [0.717, 1.165) is 38.3 Å². The molecule has 122 valence electrons. The van der Waals surface area contributed by atoms with Crippen molar-refractivity contribution in [2.24, 2.45) is 5.92 Å². The Morgan fingerprint density at radius 2 is 1.86 bits per heavy atom. The van der Waals surface area contributed by atoms with Crippen LogP contribution in [0.1, 0.15) is 31.7 Å². The van der Waals surface area contributed by atoms with Crippen LogP contribution in [0.2, 0.25) is 0 Å². The second kappa shape index (κ2) is 7.58. The lowest BCUT2D eigenvalue weighted by Gasteiger charge is -2.34. The molecule has 0 amide bonds. The third-order valence-corrected chi connectivity index (χ3v) is 5.41. The summed E-state index contributed by atoms with van der Waals surface area (Å²) < 4.78 is 5.49. The highest BCUT2D eigenvalue weighted by Gasteiger charge is 2.34. The van der Waals surface area contributed by atoms with Crippen molar-refractivity contribution in [2.45, 2.75) is 32.2 Å². The van der Waals surface area contributed by atoms with Crippen molar-refractivity contribution in [1.82, 2.24) is 9.80 Å². The first-order chi connectivity index (χ1) is 10.7. The van der Waals surface area contributed by atoms with Gasteiger partial charge in [0.15, 0.2) is 0 Å². The Morgan fingerprint density at radius 1 is 1.14 bits per heavy atom. The van der Waals surface area contributed by atoms with E-state index in [1.54, 1.807) is 0 Å². The van der Waals surface area contributed by atoms with Gasteiger partial charge in [-0.05, 0) is 30.4 Å². The Balaban J connectivity index is 1.47. The number of benzene rings is 1. The minimum Gasteiger partial charge on any atom is -0.379 e. The zero-order chi connectivity index (χ0) is 15.4. The molecule has 22 heavy (non-hydrogen) atoms. The zero-order valence-electron chi connectivity index (χ0n) is 14.1. The van der Waals surface area contributed by atoms with Crippen LogP contribution in [-0.2, 0) is 4.74 Å². The van der Waals surface area contributed by atoms with Gasteiger partial charge in [-0.3, -0.25) is 4.90 Å². The standard InChI is InChI=1S/C19H30N2O/c1-16(18-6-4-3-5-7-18)8-9-20-14-17(2)19(15-20)21-10-12-22-13-11-21/h3-7,16-17,19H,8-15H2,1-2H3/t16-,17-,19+/m1/s1. The fourth-order valence-electron chi connectivity index (χ4n) is 3.94. The van der Waals surface area contributed by atoms with E-state index in [1.807, 2.05) is 0 Å². The molecule has 0 radical (unpaired) electrons. The number of hydrogen-bond donors (Lipinski definition) is 0. The predicted octanol–water partition coefficient (Wildman–Crippen LogP) is 2.83. The largest absolute Gasteiger partial charge is 0.379 e. The van der Waals surface area contributed by atoms with Gasteiger partial charge in [0.25, 0.3) is 0 Å². The van der Waals surface area contributed by atoms with Crippen LogP contribution in [0.5, 0.6) is 0 Å². The molecule has 3 rings (SSSR count). The van der Waals surface area contributed by atoms with Crippen molar-refractivity contribution in [1.29, 1.82) is 0 Å². The lowest BCUT2D eigenvalue weighted by molar-refractivity contribution is 0.0118. The summed E-state index contributed by atoms with van der Waals surface area (Å²) in [7, 11) is 0. The lowest BCUT2D eigenvalue weighted by Crippen LogP contribution is -2.46. The molecular formula is C19H30N2O. The average Bonchev–Trinajstić information content (AvgIpc) is 2.95. The van der Waals surface area contributed by atoms with Gasteiger partial charge >= 0.3 is 0 Å². The van der Waals surface area contributed by atoms with Crippen LogP contribution >= 0.6 is 0 Å². The molecular weight excluding hydrogens is 272 g/mol. The minimum atomic E-state index is 0.652. The van der Waals surface area contributed by atoms with Crippen LogP contribution in [0.15, 0.2) is 30.3 Å². The van der Waals surface area contributed by atoms with Crippen LogP contribution in [0.3, 0.4) is 0 Å². The van der Waals surface area contributed by atoms with Gasteiger partial charge in [0.1, 0.15) is 0 Å². The fourth-order valence-corrected chi connectivity index (χ4v) is 3.94. The maximum atomic E-state index is 5.49. The number of likely N-dealkylation sites (tertiary alicyclic amines) is 1. The topological polar surface area (TPSA) is 15.7 Å². The number of nitrogens with zero attached hydrogens (tertiary/aromatic N) is 2. The first-order valence-corrected chi connectivity index (χ1v) is 8.83. The van der Waals surface area contributed by atoms with Gasteiger partial charge in [0.2, 0.25) is 0 Å². The number of rotatable bonds is 5. The summed E-state index contributed by atoms with van der Waals surface area (Å²) in [6, 6.07) is 11.7. The third kappa shape index (κ3) is 3.89. The molecule has 2 heterocycles. The van der Waals surface area contributed by atoms with Crippen molar-refractivity contribution in [3.05, 3.63) is 35.9 Å². The summed E-state index contributed by atoms with van der Waals surface area (Å²) in [6.45, 7) is 12.5. The summed E-state index contributed by atoms with van der Waals surface area (Å²) in [5, 5.41) is 0. The molecule has 2 aliphatic heterocycles. The highest BCUT2D eigenvalue weighted by atomic mass is 16.5. The predicted molar refractivity (Wildman–Crippen MR) is 91.3 cm³/mol. The average molecular weight is 302 g/mol. The maximum Gasteiger partial charge on any atom is 0.0594 e. The smallest absolute Gasteiger partial charge is 0.0594 e. The Hall–Kier alpha value is -0.900. The molecule has 2 saturated heterocycles. The second-order valence-corrected chi connectivity index (χ2v) is 7.05. The Labute approximate surface area is 135 Å². The minimum absolute atomic E-state index is 0.652. The van der Waals surface area contributed by atoms with E-state index in [2.05, 4.69) is 54.0 Å². The van der Waals surface area contributed by atoms with E-state index >= 15 is 0 Å². The molecule has 3 heteroatoms. The molecule has 2 aliphatic rings. The summed E-state index contributed by atoms with van der Waals surface area (Å²) in [6.07, 6.45) is 1.26. The van der Waals surface area contributed by atoms with E-state index in [-0.39, 0.29) is 0 Å². The fraction of sp³-hybridized carbons (Fsp3) is 0.684. The van der Waals surface area contributed by atoms with Gasteiger partial charge in [-0.2, -0.15) is 0 Å². The second-order valence-electron chi connectivity index (χ2n) is 7.05. The first-order valence-electron chi connectivity index (χ1n) is 8.83. The highest BCUT2D eigenvalue weighted by molar-refractivity contribution is 5.18.